The van der Waals surface area contributed by atoms with E-state index in [4.69, 9.17) is 0 Å². The molecule has 1 saturated carbocycles. The van der Waals surface area contributed by atoms with Crippen LogP contribution in [0.2, 0.25) is 0 Å². The maximum absolute atomic E-state index is 4.39. The zero-order chi connectivity index (χ0) is 11.5. The van der Waals surface area contributed by atoms with Crippen molar-refractivity contribution in [3.8, 4) is 0 Å². The van der Waals surface area contributed by atoms with Gasteiger partial charge in [-0.25, -0.2) is 4.98 Å². The van der Waals surface area contributed by atoms with Crippen molar-refractivity contribution in [1.29, 1.82) is 0 Å². The van der Waals surface area contributed by atoms with Crippen LogP contribution in [0.1, 0.15) is 46.1 Å². The number of nitrogens with zero attached hydrogens (tertiary/aromatic N) is 2. The van der Waals surface area contributed by atoms with E-state index in [-0.39, 0.29) is 0 Å². The van der Waals surface area contributed by atoms with Crippen LogP contribution in [0.4, 0.5) is 5.95 Å². The monoisotopic (exact) mass is 221 g/mol. The first-order chi connectivity index (χ1) is 7.66. The van der Waals surface area contributed by atoms with Crippen LogP contribution in [-0.4, -0.2) is 16.1 Å². The van der Waals surface area contributed by atoms with Crippen LogP contribution in [0.15, 0.2) is 12.4 Å². The lowest BCUT2D eigenvalue weighted by atomic mass is 10.1. The molecular formula is C13H23N3. The summed E-state index contributed by atoms with van der Waals surface area (Å²) < 4.78 is 2.28. The second-order valence-electron chi connectivity index (χ2n) is 5.46. The summed E-state index contributed by atoms with van der Waals surface area (Å²) in [5.74, 6) is 2.65. The molecule has 3 heteroatoms. The van der Waals surface area contributed by atoms with Gasteiger partial charge in [0, 0.05) is 25.0 Å². The molecule has 1 unspecified atom stereocenters. The summed E-state index contributed by atoms with van der Waals surface area (Å²) in [6, 6.07) is 0.574. The van der Waals surface area contributed by atoms with Crippen LogP contribution in [0, 0.1) is 11.8 Å². The number of aromatic nitrogens is 2. The van der Waals surface area contributed by atoms with Crippen molar-refractivity contribution < 1.29 is 0 Å². The van der Waals surface area contributed by atoms with E-state index in [1.54, 1.807) is 0 Å². The third-order valence-electron chi connectivity index (χ3n) is 3.18. The number of rotatable bonds is 6. The van der Waals surface area contributed by atoms with E-state index in [0.717, 1.165) is 18.4 Å². The van der Waals surface area contributed by atoms with E-state index in [1.807, 2.05) is 6.20 Å². The Kier molecular flexibility index (Phi) is 3.52. The normalized spacial score (nSPS) is 17.8. The summed E-state index contributed by atoms with van der Waals surface area (Å²) in [4.78, 5) is 4.39. The smallest absolute Gasteiger partial charge is 0.203 e. The van der Waals surface area contributed by atoms with E-state index in [0.29, 0.717) is 12.0 Å². The van der Waals surface area contributed by atoms with Gasteiger partial charge in [-0.2, -0.15) is 0 Å². The summed E-state index contributed by atoms with van der Waals surface area (Å²) in [5.41, 5.74) is 0. The molecule has 1 fully saturated rings. The molecule has 1 aliphatic carbocycles. The summed E-state index contributed by atoms with van der Waals surface area (Å²) in [5, 5.41) is 3.42. The van der Waals surface area contributed by atoms with Crippen LogP contribution in [0.5, 0.6) is 0 Å². The zero-order valence-corrected chi connectivity index (χ0v) is 10.6. The van der Waals surface area contributed by atoms with Gasteiger partial charge in [-0.3, -0.25) is 0 Å². The van der Waals surface area contributed by atoms with Gasteiger partial charge in [-0.15, -0.1) is 0 Å². The van der Waals surface area contributed by atoms with E-state index in [2.05, 4.69) is 41.8 Å². The molecule has 0 bridgehead atoms. The van der Waals surface area contributed by atoms with E-state index in [9.17, 15) is 0 Å². The average molecular weight is 221 g/mol. The largest absolute Gasteiger partial charge is 0.355 e. The van der Waals surface area contributed by atoms with Gasteiger partial charge >= 0.3 is 0 Å². The molecule has 2 rings (SSSR count). The Hall–Kier alpha value is -0.990. The first kappa shape index (κ1) is 11.5. The van der Waals surface area contributed by atoms with Gasteiger partial charge in [0.05, 0.1) is 0 Å². The molecular weight excluding hydrogens is 198 g/mol. The van der Waals surface area contributed by atoms with Gasteiger partial charge in [-0.05, 0) is 25.2 Å². The minimum atomic E-state index is 0.574. The van der Waals surface area contributed by atoms with Crippen molar-refractivity contribution in [2.45, 2.75) is 46.1 Å². The van der Waals surface area contributed by atoms with E-state index >= 15 is 0 Å². The topological polar surface area (TPSA) is 29.9 Å². The van der Waals surface area contributed by atoms with Gasteiger partial charge in [-0.1, -0.05) is 26.7 Å². The molecule has 1 N–H and O–H groups in total. The van der Waals surface area contributed by atoms with E-state index < -0.39 is 0 Å². The summed E-state index contributed by atoms with van der Waals surface area (Å²) in [6.45, 7) is 7.72. The summed E-state index contributed by atoms with van der Waals surface area (Å²) in [7, 11) is 0. The Bertz CT molecular complexity index is 326. The first-order valence-corrected chi connectivity index (χ1v) is 6.43. The highest BCUT2D eigenvalue weighted by Crippen LogP contribution is 2.37. The number of anilines is 1. The first-order valence-electron chi connectivity index (χ1n) is 6.43. The average Bonchev–Trinajstić information content (AvgIpc) is 2.91. The third-order valence-corrected chi connectivity index (χ3v) is 3.18. The fraction of sp³-hybridized carbons (Fsp3) is 0.769. The van der Waals surface area contributed by atoms with Crippen molar-refractivity contribution in [2.75, 3.05) is 11.9 Å². The highest BCUT2D eigenvalue weighted by Gasteiger charge is 2.24. The summed E-state index contributed by atoms with van der Waals surface area (Å²) >= 11 is 0. The molecule has 0 aliphatic heterocycles. The minimum absolute atomic E-state index is 0.574. The number of nitrogens with one attached hydrogen (secondary N) is 1. The Morgan fingerprint density at radius 2 is 2.19 bits per heavy atom. The standard InChI is InChI=1S/C13H23N3/c1-10(2)9-15-13-14-6-7-16(13)11(3)8-12-4-5-12/h6-7,10-12H,4-5,8-9H2,1-3H3,(H,14,15). The van der Waals surface area contributed by atoms with Gasteiger partial charge in [0.1, 0.15) is 0 Å². The van der Waals surface area contributed by atoms with Gasteiger partial charge in [0.25, 0.3) is 0 Å². The highest BCUT2D eigenvalue weighted by atomic mass is 15.2. The zero-order valence-electron chi connectivity index (χ0n) is 10.6. The molecule has 0 aromatic carbocycles. The van der Waals surface area contributed by atoms with Crippen LogP contribution >= 0.6 is 0 Å². The van der Waals surface area contributed by atoms with Gasteiger partial charge in [0.15, 0.2) is 0 Å². The lowest BCUT2D eigenvalue weighted by Crippen LogP contribution is -2.15. The quantitative estimate of drug-likeness (QED) is 0.798. The molecule has 16 heavy (non-hydrogen) atoms. The lowest BCUT2D eigenvalue weighted by Gasteiger charge is -2.17. The van der Waals surface area contributed by atoms with Crippen molar-refractivity contribution >= 4 is 5.95 Å². The van der Waals surface area contributed by atoms with Crippen LogP contribution in [-0.2, 0) is 0 Å². The Labute approximate surface area is 98.3 Å². The predicted molar refractivity (Wildman–Crippen MR) is 67.6 cm³/mol. The second-order valence-corrected chi connectivity index (χ2v) is 5.46. The molecule has 0 radical (unpaired) electrons. The van der Waals surface area contributed by atoms with Crippen molar-refractivity contribution in [3.63, 3.8) is 0 Å². The molecule has 90 valence electrons. The fourth-order valence-corrected chi connectivity index (χ4v) is 2.05. The Balaban J connectivity index is 1.93. The van der Waals surface area contributed by atoms with Crippen LogP contribution < -0.4 is 5.32 Å². The van der Waals surface area contributed by atoms with Crippen LogP contribution in [0.25, 0.3) is 0 Å². The predicted octanol–water partition coefficient (Wildman–Crippen LogP) is 3.31. The number of imidazole rings is 1. The molecule has 0 saturated heterocycles. The molecule has 3 nitrogen and oxygen atoms in total. The van der Waals surface area contributed by atoms with Gasteiger partial charge in [0.2, 0.25) is 5.95 Å². The maximum Gasteiger partial charge on any atom is 0.203 e. The summed E-state index contributed by atoms with van der Waals surface area (Å²) in [6.07, 6.45) is 8.13. The lowest BCUT2D eigenvalue weighted by molar-refractivity contribution is 0.479. The second kappa shape index (κ2) is 4.89. The fourth-order valence-electron chi connectivity index (χ4n) is 2.05. The molecule has 1 aromatic heterocycles. The van der Waals surface area contributed by atoms with Crippen molar-refractivity contribution in [1.82, 2.24) is 9.55 Å². The molecule has 1 aliphatic rings. The molecule has 1 atom stereocenters. The molecule has 1 aromatic rings. The Morgan fingerprint density at radius 3 is 2.81 bits per heavy atom. The molecule has 1 heterocycles. The number of hydrogen-bond donors (Lipinski definition) is 1. The molecule has 0 amide bonds. The van der Waals surface area contributed by atoms with Crippen molar-refractivity contribution in [3.05, 3.63) is 12.4 Å². The minimum Gasteiger partial charge on any atom is -0.355 e. The third kappa shape index (κ3) is 3.00. The Morgan fingerprint density at radius 1 is 1.44 bits per heavy atom. The number of hydrogen-bond acceptors (Lipinski definition) is 2. The van der Waals surface area contributed by atoms with Crippen LogP contribution in [0.3, 0.4) is 0 Å². The van der Waals surface area contributed by atoms with E-state index in [1.165, 1.54) is 19.3 Å². The maximum atomic E-state index is 4.39. The SMILES string of the molecule is CC(C)CNc1nccn1C(C)CC1CC1. The molecule has 0 spiro atoms. The van der Waals surface area contributed by atoms with Gasteiger partial charge < -0.3 is 9.88 Å². The van der Waals surface area contributed by atoms with Crippen molar-refractivity contribution in [2.24, 2.45) is 11.8 Å². The highest BCUT2D eigenvalue weighted by molar-refractivity contribution is 5.26.